The number of aliphatic imine (C=N–C) groups is 1. The Morgan fingerprint density at radius 1 is 1.11 bits per heavy atom. The lowest BCUT2D eigenvalue weighted by Crippen LogP contribution is -2.84. The Morgan fingerprint density at radius 3 is 2.37 bits per heavy atom. The van der Waals surface area contributed by atoms with Gasteiger partial charge in [0.15, 0.2) is 18.9 Å². The zero-order valence-corrected chi connectivity index (χ0v) is 21.4. The van der Waals surface area contributed by atoms with E-state index in [0.29, 0.717) is 23.4 Å². The number of benzene rings is 1. The molecular formula is C22H25N7O7S2. The number of aliphatic hydroxyl groups excluding tert-OH is 1. The second-order valence-corrected chi connectivity index (χ2v) is 11.2. The number of guanidine groups is 2. The molecule has 16 heteroatoms. The maximum absolute atomic E-state index is 11.7. The van der Waals surface area contributed by atoms with E-state index in [2.05, 4.69) is 27.1 Å². The standard InChI is InChI=1S/C22H25N7O7S2/c23-21(24)28-22(25)27-17-3-4-18(15-5-7-29(8-6-15)9-10-30)16(12-17)2-1-14-11-19(37(31,32)33)20(26-13-14)38(34,35)36/h3-8,12-13,19-20,30H,9-11H2,(H8,23,24,25,26,27,28,31,32,33,34,35,36)/t19-,20-/m1/s1. The quantitative estimate of drug-likeness (QED) is 0.0648. The van der Waals surface area contributed by atoms with Gasteiger partial charge in [-0.25, -0.2) is 26.4 Å². The number of allylic oxidation sites excluding steroid dienone is 1. The molecule has 0 unspecified atom stereocenters. The fraction of sp³-hybridized carbons (Fsp3) is 0.227. The van der Waals surface area contributed by atoms with E-state index in [0.717, 1.165) is 11.8 Å². The van der Waals surface area contributed by atoms with Crippen molar-refractivity contribution in [2.24, 2.45) is 22.2 Å². The summed E-state index contributed by atoms with van der Waals surface area (Å²) in [5.41, 5.74) is 18.8. The largest absolute Gasteiger partial charge is 0.748 e. The Labute approximate surface area is 219 Å². The van der Waals surface area contributed by atoms with Crippen LogP contribution in [0, 0.1) is 11.8 Å². The van der Waals surface area contributed by atoms with Crippen molar-refractivity contribution in [1.82, 2.24) is 5.32 Å². The van der Waals surface area contributed by atoms with E-state index in [1.54, 1.807) is 47.3 Å². The van der Waals surface area contributed by atoms with Crippen LogP contribution in [0.25, 0.3) is 11.1 Å². The maximum atomic E-state index is 11.7. The summed E-state index contributed by atoms with van der Waals surface area (Å²) in [6, 6.07) is 8.55. The molecule has 0 aliphatic carbocycles. The molecule has 38 heavy (non-hydrogen) atoms. The number of aliphatic hydroxyl groups is 1. The highest BCUT2D eigenvalue weighted by Crippen LogP contribution is 2.27. The van der Waals surface area contributed by atoms with Gasteiger partial charge in [0.05, 0.1) is 5.25 Å². The number of pyridine rings is 1. The fourth-order valence-electron chi connectivity index (χ4n) is 3.60. The third kappa shape index (κ3) is 7.50. The van der Waals surface area contributed by atoms with Crippen LogP contribution in [-0.2, 0) is 26.8 Å². The van der Waals surface area contributed by atoms with Crippen LogP contribution in [0.3, 0.4) is 0 Å². The van der Waals surface area contributed by atoms with E-state index in [9.17, 15) is 25.9 Å². The Hall–Kier alpha value is -4.01. The first-order valence-electron chi connectivity index (χ1n) is 10.9. The first-order valence-corrected chi connectivity index (χ1v) is 13.8. The summed E-state index contributed by atoms with van der Waals surface area (Å²) in [6.07, 6.45) is 4.05. The summed E-state index contributed by atoms with van der Waals surface area (Å²) in [6.45, 7) is 0.366. The third-order valence-electron chi connectivity index (χ3n) is 5.31. The Bertz CT molecular complexity index is 1570. The zero-order valence-electron chi connectivity index (χ0n) is 19.7. The monoisotopic (exact) mass is 563 g/mol. The van der Waals surface area contributed by atoms with E-state index in [1.165, 1.54) is 0 Å². The van der Waals surface area contributed by atoms with Crippen molar-refractivity contribution in [3.8, 4) is 23.0 Å². The van der Waals surface area contributed by atoms with Gasteiger partial charge in [-0.2, -0.15) is 0 Å². The number of nitrogens with one attached hydrogen (secondary N) is 2. The Balaban J connectivity index is 2.07. The van der Waals surface area contributed by atoms with Crippen molar-refractivity contribution in [2.45, 2.75) is 23.6 Å². The SMILES string of the molecule is NC(=Nc1ccc(-c2cc[n+](CCO)cc2)c(C#CC2=CN[C@H](S(=O)(=O)[O-])[C@H](S(=O)(=O)[O-])C2)c1)[NH+]=C(N)N. The van der Waals surface area contributed by atoms with Crippen LogP contribution in [0.2, 0.25) is 0 Å². The molecule has 0 saturated carbocycles. The smallest absolute Gasteiger partial charge is 0.316 e. The van der Waals surface area contributed by atoms with Gasteiger partial charge < -0.3 is 36.7 Å². The van der Waals surface area contributed by atoms with Crippen LogP contribution in [0.5, 0.6) is 0 Å². The molecule has 202 valence electrons. The third-order valence-corrected chi connectivity index (χ3v) is 7.74. The molecule has 1 aromatic heterocycles. The molecule has 0 radical (unpaired) electrons. The molecular weight excluding hydrogens is 538 g/mol. The molecule has 14 nitrogen and oxygen atoms in total. The van der Waals surface area contributed by atoms with Gasteiger partial charge in [-0.15, -0.1) is 4.99 Å². The van der Waals surface area contributed by atoms with Crippen LogP contribution in [0.1, 0.15) is 12.0 Å². The Kier molecular flexibility index (Phi) is 8.70. The van der Waals surface area contributed by atoms with Crippen molar-refractivity contribution in [1.29, 1.82) is 0 Å². The van der Waals surface area contributed by atoms with Crippen LogP contribution in [0.4, 0.5) is 5.69 Å². The van der Waals surface area contributed by atoms with Gasteiger partial charge in [-0.1, -0.05) is 17.9 Å². The molecule has 0 amide bonds. The number of nitrogens with two attached hydrogens (primary N) is 3. The minimum Gasteiger partial charge on any atom is -0.748 e. The minimum atomic E-state index is -5.15. The number of hydrogen-bond acceptors (Lipinski definition) is 9. The predicted octanol–water partition coefficient (Wildman–Crippen LogP) is -4.05. The van der Waals surface area contributed by atoms with Crippen molar-refractivity contribution in [3.63, 3.8) is 0 Å². The van der Waals surface area contributed by atoms with E-state index in [4.69, 9.17) is 22.3 Å². The second-order valence-electron chi connectivity index (χ2n) is 8.09. The molecule has 0 spiro atoms. The second kappa shape index (κ2) is 11.6. The van der Waals surface area contributed by atoms with Gasteiger partial charge in [0.2, 0.25) is 0 Å². The summed E-state index contributed by atoms with van der Waals surface area (Å²) in [7, 11) is -10.3. The lowest BCUT2D eigenvalue weighted by Gasteiger charge is -2.34. The summed E-state index contributed by atoms with van der Waals surface area (Å²) in [5.74, 6) is 5.37. The minimum absolute atomic E-state index is 0.0363. The van der Waals surface area contributed by atoms with Gasteiger partial charge >= 0.3 is 5.96 Å². The highest BCUT2D eigenvalue weighted by Gasteiger charge is 2.35. The van der Waals surface area contributed by atoms with E-state index in [1.807, 2.05) is 0 Å². The average Bonchev–Trinajstić information content (AvgIpc) is 2.82. The highest BCUT2D eigenvalue weighted by atomic mass is 32.2. The van der Waals surface area contributed by atoms with Crippen molar-refractivity contribution >= 4 is 37.8 Å². The molecule has 0 fully saturated rings. The molecule has 3 rings (SSSR count). The molecule has 0 saturated heterocycles. The first kappa shape index (κ1) is 28.6. The highest BCUT2D eigenvalue weighted by molar-refractivity contribution is 7.90. The number of aromatic nitrogens is 1. The van der Waals surface area contributed by atoms with E-state index in [-0.39, 0.29) is 24.1 Å². The van der Waals surface area contributed by atoms with Crippen LogP contribution in [0.15, 0.2) is 59.5 Å². The number of hydrogen-bond donors (Lipinski definition) is 6. The molecule has 2 atom stereocenters. The number of nitrogens with zero attached hydrogens (tertiary/aromatic N) is 2. The summed E-state index contributed by atoms with van der Waals surface area (Å²) < 4.78 is 71.1. The van der Waals surface area contributed by atoms with Gasteiger partial charge in [0.25, 0.3) is 5.96 Å². The average molecular weight is 564 g/mol. The van der Waals surface area contributed by atoms with Crippen molar-refractivity contribution in [3.05, 3.63) is 60.1 Å². The topological polar surface area (TPSA) is 255 Å². The zero-order chi connectivity index (χ0) is 28.1. The van der Waals surface area contributed by atoms with Crippen LogP contribution < -0.4 is 32.1 Å². The first-order chi connectivity index (χ1) is 17.8. The normalized spacial score (nSPS) is 18.0. The lowest BCUT2D eigenvalue weighted by atomic mass is 9.99. The summed E-state index contributed by atoms with van der Waals surface area (Å²) in [5, 5.41) is 7.14. The molecule has 2 heterocycles. The van der Waals surface area contributed by atoms with E-state index < -0.39 is 37.3 Å². The number of rotatable bonds is 6. The fourth-order valence-corrected chi connectivity index (χ4v) is 5.89. The molecule has 1 aliphatic rings. The van der Waals surface area contributed by atoms with Gasteiger partial charge in [-0.05, 0) is 23.3 Å². The molecule has 2 aromatic rings. The van der Waals surface area contributed by atoms with Crippen LogP contribution in [-0.4, -0.2) is 60.2 Å². The van der Waals surface area contributed by atoms with Crippen molar-refractivity contribution < 1.29 is 40.6 Å². The lowest BCUT2D eigenvalue weighted by molar-refractivity contribution is -0.698. The summed E-state index contributed by atoms with van der Waals surface area (Å²) in [4.78, 5) is 6.62. The van der Waals surface area contributed by atoms with Crippen LogP contribution >= 0.6 is 0 Å². The molecule has 0 bridgehead atoms. The van der Waals surface area contributed by atoms with Gasteiger partial charge in [-0.3, -0.25) is 0 Å². The molecule has 9 N–H and O–H groups in total. The molecule has 1 aliphatic heterocycles. The van der Waals surface area contributed by atoms with Gasteiger partial charge in [0, 0.05) is 35.9 Å². The van der Waals surface area contributed by atoms with E-state index >= 15 is 0 Å². The molecule has 1 aromatic carbocycles. The van der Waals surface area contributed by atoms with Gasteiger partial charge in [0.1, 0.15) is 37.9 Å². The predicted molar refractivity (Wildman–Crippen MR) is 134 cm³/mol. The van der Waals surface area contributed by atoms with Crippen molar-refractivity contribution in [2.75, 3.05) is 6.61 Å². The maximum Gasteiger partial charge on any atom is 0.316 e. The Morgan fingerprint density at radius 2 is 1.79 bits per heavy atom. The summed E-state index contributed by atoms with van der Waals surface area (Å²) >= 11 is 0.